The predicted molar refractivity (Wildman–Crippen MR) is 91.5 cm³/mol. The fraction of sp³-hybridized carbons (Fsp3) is 0.632. The predicted octanol–water partition coefficient (Wildman–Crippen LogP) is 3.06. The van der Waals surface area contributed by atoms with Crippen LogP contribution in [-0.4, -0.2) is 47.5 Å². The van der Waals surface area contributed by atoms with Crippen LogP contribution in [0.15, 0.2) is 24.3 Å². The molecule has 2 aliphatic rings. The number of nitrogens with zero attached hydrogens (tertiary/aromatic N) is 2. The zero-order valence-electron chi connectivity index (χ0n) is 14.3. The van der Waals surface area contributed by atoms with Gasteiger partial charge in [0.05, 0.1) is 12.6 Å². The van der Waals surface area contributed by atoms with Crippen LogP contribution in [0.1, 0.15) is 45.1 Å². The number of hydrogen-bond donors (Lipinski definition) is 0. The lowest BCUT2D eigenvalue weighted by molar-refractivity contribution is -0.137. The molecule has 2 fully saturated rings. The van der Waals surface area contributed by atoms with Crippen molar-refractivity contribution < 1.29 is 9.53 Å². The van der Waals surface area contributed by atoms with Gasteiger partial charge in [-0.1, -0.05) is 12.1 Å². The minimum atomic E-state index is 0.0146. The summed E-state index contributed by atoms with van der Waals surface area (Å²) in [6.45, 7) is 7.58. The summed E-state index contributed by atoms with van der Waals surface area (Å²) in [5.74, 6) is 1.19. The lowest BCUT2D eigenvalue weighted by atomic mass is 10.1. The largest absolute Gasteiger partial charge is 0.494 e. The lowest BCUT2D eigenvalue weighted by Gasteiger charge is -2.30. The molecule has 4 heteroatoms. The first kappa shape index (κ1) is 16.3. The van der Waals surface area contributed by atoms with Crippen molar-refractivity contribution in [3.05, 3.63) is 29.8 Å². The first-order valence-corrected chi connectivity index (χ1v) is 8.95. The number of amides is 1. The van der Waals surface area contributed by atoms with E-state index in [2.05, 4.69) is 28.9 Å². The Morgan fingerprint density at radius 1 is 1.26 bits per heavy atom. The van der Waals surface area contributed by atoms with Crippen LogP contribution in [0.5, 0.6) is 5.75 Å². The molecule has 1 unspecified atom stereocenters. The van der Waals surface area contributed by atoms with Crippen LogP contribution < -0.4 is 4.74 Å². The zero-order chi connectivity index (χ0) is 16.2. The van der Waals surface area contributed by atoms with E-state index in [1.165, 1.54) is 18.4 Å². The molecule has 1 heterocycles. The monoisotopic (exact) mass is 316 g/mol. The van der Waals surface area contributed by atoms with Crippen molar-refractivity contribution in [1.82, 2.24) is 9.80 Å². The van der Waals surface area contributed by atoms with Crippen LogP contribution in [0.3, 0.4) is 0 Å². The molecule has 1 aromatic carbocycles. The molecule has 4 nitrogen and oxygen atoms in total. The highest BCUT2D eigenvalue weighted by atomic mass is 16.5. The topological polar surface area (TPSA) is 32.8 Å². The molecule has 0 bridgehead atoms. The van der Waals surface area contributed by atoms with Gasteiger partial charge in [-0.2, -0.15) is 0 Å². The van der Waals surface area contributed by atoms with E-state index < -0.39 is 0 Å². The Balaban J connectivity index is 1.65. The van der Waals surface area contributed by atoms with E-state index in [0.29, 0.717) is 25.1 Å². The summed E-state index contributed by atoms with van der Waals surface area (Å²) in [6, 6.07) is 8.61. The molecule has 1 aliphatic heterocycles. The maximum atomic E-state index is 12.9. The van der Waals surface area contributed by atoms with Gasteiger partial charge in [0.1, 0.15) is 5.75 Å². The molecular weight excluding hydrogens is 288 g/mol. The second-order valence-electron chi connectivity index (χ2n) is 6.69. The third-order valence-corrected chi connectivity index (χ3v) is 4.90. The molecule has 1 saturated heterocycles. The second-order valence-corrected chi connectivity index (χ2v) is 6.69. The van der Waals surface area contributed by atoms with E-state index in [9.17, 15) is 4.79 Å². The Bertz CT molecular complexity index is 519. The smallest absolute Gasteiger partial charge is 0.240 e. The Kier molecular flexibility index (Phi) is 5.21. The van der Waals surface area contributed by atoms with Crippen molar-refractivity contribution in [3.63, 3.8) is 0 Å². The highest BCUT2D eigenvalue weighted by Crippen LogP contribution is 2.30. The van der Waals surface area contributed by atoms with Crippen molar-refractivity contribution in [2.75, 3.05) is 19.7 Å². The van der Waals surface area contributed by atoms with Gasteiger partial charge in [-0.05, 0) is 70.3 Å². The van der Waals surface area contributed by atoms with Crippen molar-refractivity contribution in [2.45, 2.75) is 58.2 Å². The average Bonchev–Trinajstić information content (AvgIpc) is 3.26. The van der Waals surface area contributed by atoms with Gasteiger partial charge in [-0.25, -0.2) is 0 Å². The summed E-state index contributed by atoms with van der Waals surface area (Å²) in [5, 5.41) is 0. The van der Waals surface area contributed by atoms with E-state index in [-0.39, 0.29) is 6.04 Å². The highest BCUT2D eigenvalue weighted by molar-refractivity contribution is 5.82. The molecule has 0 radical (unpaired) electrons. The Morgan fingerprint density at radius 2 is 1.91 bits per heavy atom. The molecule has 23 heavy (non-hydrogen) atoms. The summed E-state index contributed by atoms with van der Waals surface area (Å²) in [4.78, 5) is 17.4. The summed E-state index contributed by atoms with van der Waals surface area (Å²) < 4.78 is 5.49. The SMILES string of the molecule is CCOc1ccc(CN(C(=O)C(C)N2CCCC2)C2CC2)cc1. The summed E-state index contributed by atoms with van der Waals surface area (Å²) in [5.41, 5.74) is 1.18. The van der Waals surface area contributed by atoms with Gasteiger partial charge in [-0.3, -0.25) is 9.69 Å². The van der Waals surface area contributed by atoms with Crippen LogP contribution in [0.2, 0.25) is 0 Å². The molecule has 1 atom stereocenters. The third-order valence-electron chi connectivity index (χ3n) is 4.90. The Morgan fingerprint density at radius 3 is 2.48 bits per heavy atom. The fourth-order valence-corrected chi connectivity index (χ4v) is 3.35. The average molecular weight is 316 g/mol. The number of hydrogen-bond acceptors (Lipinski definition) is 3. The van der Waals surface area contributed by atoms with Crippen molar-refractivity contribution >= 4 is 5.91 Å². The van der Waals surface area contributed by atoms with Crippen molar-refractivity contribution in [1.29, 1.82) is 0 Å². The van der Waals surface area contributed by atoms with Crippen molar-refractivity contribution in [2.24, 2.45) is 0 Å². The van der Waals surface area contributed by atoms with Crippen LogP contribution in [0.4, 0.5) is 0 Å². The summed E-state index contributed by atoms with van der Waals surface area (Å²) >= 11 is 0. The molecule has 0 aromatic heterocycles. The Hall–Kier alpha value is -1.55. The van der Waals surface area contributed by atoms with Gasteiger partial charge in [0, 0.05) is 12.6 Å². The fourth-order valence-electron chi connectivity index (χ4n) is 3.35. The highest BCUT2D eigenvalue weighted by Gasteiger charge is 2.36. The number of rotatable bonds is 7. The number of carbonyl (C=O) groups is 1. The molecule has 0 N–H and O–H groups in total. The van der Waals surface area contributed by atoms with Gasteiger partial charge in [0.15, 0.2) is 0 Å². The first-order valence-electron chi connectivity index (χ1n) is 8.95. The molecule has 126 valence electrons. The standard InChI is InChI=1S/C19H28N2O2/c1-3-23-18-10-6-16(7-11-18)14-21(17-8-9-17)19(22)15(2)20-12-4-5-13-20/h6-7,10-11,15,17H,3-5,8-9,12-14H2,1-2H3. The molecule has 1 aromatic rings. The van der Waals surface area contributed by atoms with Gasteiger partial charge < -0.3 is 9.64 Å². The molecule has 1 aliphatic carbocycles. The number of carbonyl (C=O) groups excluding carboxylic acids is 1. The summed E-state index contributed by atoms with van der Waals surface area (Å²) in [7, 11) is 0. The zero-order valence-corrected chi connectivity index (χ0v) is 14.3. The summed E-state index contributed by atoms with van der Waals surface area (Å²) in [6.07, 6.45) is 4.74. The lowest BCUT2D eigenvalue weighted by Crippen LogP contribution is -2.46. The quantitative estimate of drug-likeness (QED) is 0.775. The number of ether oxygens (including phenoxy) is 1. The number of benzene rings is 1. The third kappa shape index (κ3) is 4.05. The molecule has 1 amide bonds. The first-order chi connectivity index (χ1) is 11.2. The van der Waals surface area contributed by atoms with Crippen LogP contribution in [-0.2, 0) is 11.3 Å². The molecular formula is C19H28N2O2. The van der Waals surface area contributed by atoms with Gasteiger partial charge in [0.25, 0.3) is 0 Å². The van der Waals surface area contributed by atoms with E-state index >= 15 is 0 Å². The van der Waals surface area contributed by atoms with Gasteiger partial charge in [-0.15, -0.1) is 0 Å². The van der Waals surface area contributed by atoms with E-state index in [0.717, 1.165) is 31.7 Å². The van der Waals surface area contributed by atoms with Crippen LogP contribution in [0.25, 0.3) is 0 Å². The molecule has 0 spiro atoms. The van der Waals surface area contributed by atoms with Crippen LogP contribution in [0, 0.1) is 0 Å². The Labute approximate surface area is 139 Å². The molecule has 1 saturated carbocycles. The normalized spacial score (nSPS) is 19.6. The van der Waals surface area contributed by atoms with E-state index in [1.54, 1.807) is 0 Å². The minimum Gasteiger partial charge on any atom is -0.494 e. The molecule has 3 rings (SSSR count). The van der Waals surface area contributed by atoms with Gasteiger partial charge in [0.2, 0.25) is 5.91 Å². The second kappa shape index (κ2) is 7.35. The van der Waals surface area contributed by atoms with Crippen molar-refractivity contribution in [3.8, 4) is 5.75 Å². The van der Waals surface area contributed by atoms with Gasteiger partial charge >= 0.3 is 0 Å². The maximum Gasteiger partial charge on any atom is 0.240 e. The number of likely N-dealkylation sites (tertiary alicyclic amines) is 1. The minimum absolute atomic E-state index is 0.0146. The maximum absolute atomic E-state index is 12.9. The van der Waals surface area contributed by atoms with E-state index in [1.807, 2.05) is 19.1 Å². The van der Waals surface area contributed by atoms with E-state index in [4.69, 9.17) is 4.74 Å². The van der Waals surface area contributed by atoms with Crippen LogP contribution >= 0.6 is 0 Å².